The highest BCUT2D eigenvalue weighted by Crippen LogP contribution is 2.36. The number of halogens is 3. The first-order valence-electron chi connectivity index (χ1n) is 4.75. The molecule has 2 unspecified atom stereocenters. The van der Waals surface area contributed by atoms with E-state index in [1.807, 2.05) is 0 Å². The van der Waals surface area contributed by atoms with Crippen LogP contribution in [-0.2, 0) is 9.53 Å². The van der Waals surface area contributed by atoms with Gasteiger partial charge >= 0.3 is 12.1 Å². The fourth-order valence-electron chi connectivity index (χ4n) is 1.41. The zero-order valence-electron chi connectivity index (χ0n) is 8.94. The predicted octanol–water partition coefficient (Wildman–Crippen LogP) is 2.07. The van der Waals surface area contributed by atoms with E-state index in [9.17, 15) is 23.1 Å². The van der Waals surface area contributed by atoms with Gasteiger partial charge in [-0.2, -0.15) is 13.2 Å². The van der Waals surface area contributed by atoms with Gasteiger partial charge in [0, 0.05) is 0 Å². The number of benzene rings is 1. The number of alkyl halides is 3. The van der Waals surface area contributed by atoms with Gasteiger partial charge in [0.2, 0.25) is 0 Å². The molecule has 0 spiro atoms. The van der Waals surface area contributed by atoms with Crippen LogP contribution in [0.25, 0.3) is 0 Å². The highest BCUT2D eigenvalue weighted by molar-refractivity contribution is 5.74. The van der Waals surface area contributed by atoms with E-state index in [0.29, 0.717) is 0 Å². The van der Waals surface area contributed by atoms with Crippen LogP contribution in [0, 0.1) is 5.92 Å². The van der Waals surface area contributed by atoms with Gasteiger partial charge in [-0.25, -0.2) is 0 Å². The fraction of sp³-hybridized carbons (Fsp3) is 0.364. The molecule has 0 aromatic heterocycles. The van der Waals surface area contributed by atoms with E-state index in [-0.39, 0.29) is 5.56 Å². The van der Waals surface area contributed by atoms with Crippen LogP contribution in [0.1, 0.15) is 11.7 Å². The maximum absolute atomic E-state index is 12.6. The largest absolute Gasteiger partial charge is 0.468 e. The normalized spacial score (nSPS) is 15.1. The highest BCUT2D eigenvalue weighted by Gasteiger charge is 2.50. The van der Waals surface area contributed by atoms with Crippen LogP contribution in [0.15, 0.2) is 30.3 Å². The predicted molar refractivity (Wildman–Crippen MR) is 53.0 cm³/mol. The van der Waals surface area contributed by atoms with E-state index in [1.54, 1.807) is 6.07 Å². The Morgan fingerprint density at radius 3 is 2.24 bits per heavy atom. The van der Waals surface area contributed by atoms with Crippen LogP contribution < -0.4 is 0 Å². The molecule has 94 valence electrons. The molecule has 0 aliphatic carbocycles. The molecule has 3 nitrogen and oxygen atoms in total. The van der Waals surface area contributed by atoms with Gasteiger partial charge in [0.25, 0.3) is 0 Å². The van der Waals surface area contributed by atoms with Crippen molar-refractivity contribution < 1.29 is 27.8 Å². The van der Waals surface area contributed by atoms with Crippen molar-refractivity contribution in [1.29, 1.82) is 0 Å². The Bertz CT molecular complexity index is 375. The Morgan fingerprint density at radius 1 is 1.29 bits per heavy atom. The van der Waals surface area contributed by atoms with Crippen LogP contribution >= 0.6 is 0 Å². The maximum atomic E-state index is 12.6. The Hall–Kier alpha value is -1.56. The second-order valence-corrected chi connectivity index (χ2v) is 3.40. The van der Waals surface area contributed by atoms with Crippen molar-refractivity contribution in [2.24, 2.45) is 5.92 Å². The molecule has 0 aliphatic rings. The van der Waals surface area contributed by atoms with E-state index in [0.717, 1.165) is 7.11 Å². The van der Waals surface area contributed by atoms with Crippen molar-refractivity contribution in [1.82, 2.24) is 0 Å². The summed E-state index contributed by atoms with van der Waals surface area (Å²) in [5, 5.41) is 9.60. The maximum Gasteiger partial charge on any atom is 0.405 e. The Kier molecular flexibility index (Phi) is 4.11. The van der Waals surface area contributed by atoms with Gasteiger partial charge < -0.3 is 9.84 Å². The number of methoxy groups -OCH3 is 1. The fourth-order valence-corrected chi connectivity index (χ4v) is 1.41. The zero-order chi connectivity index (χ0) is 13.1. The molecule has 6 heteroatoms. The monoisotopic (exact) mass is 248 g/mol. The summed E-state index contributed by atoms with van der Waals surface area (Å²) in [6.45, 7) is 0. The second-order valence-electron chi connectivity index (χ2n) is 3.40. The molecule has 0 amide bonds. The van der Waals surface area contributed by atoms with Gasteiger partial charge in [-0.15, -0.1) is 0 Å². The first-order chi connectivity index (χ1) is 7.88. The minimum Gasteiger partial charge on any atom is -0.468 e. The molecule has 1 aromatic rings. The van der Waals surface area contributed by atoms with Crippen LogP contribution in [0.5, 0.6) is 0 Å². The molecule has 0 heterocycles. The number of rotatable bonds is 3. The molecule has 2 atom stereocenters. The lowest BCUT2D eigenvalue weighted by molar-refractivity contribution is -0.214. The third kappa shape index (κ3) is 3.20. The van der Waals surface area contributed by atoms with Gasteiger partial charge in [-0.3, -0.25) is 4.79 Å². The SMILES string of the molecule is COC(=O)C(C(O)c1ccccc1)C(F)(F)F. The van der Waals surface area contributed by atoms with Crippen LogP contribution in [0.4, 0.5) is 13.2 Å². The summed E-state index contributed by atoms with van der Waals surface area (Å²) in [6.07, 6.45) is -6.83. The first-order valence-corrected chi connectivity index (χ1v) is 4.75. The average molecular weight is 248 g/mol. The topological polar surface area (TPSA) is 46.5 Å². The lowest BCUT2D eigenvalue weighted by atomic mass is 9.95. The van der Waals surface area contributed by atoms with E-state index in [4.69, 9.17) is 0 Å². The van der Waals surface area contributed by atoms with Crippen molar-refractivity contribution in [2.75, 3.05) is 7.11 Å². The summed E-state index contributed by atoms with van der Waals surface area (Å²) < 4.78 is 42.0. The van der Waals surface area contributed by atoms with Gasteiger partial charge in [0.15, 0.2) is 5.92 Å². The smallest absolute Gasteiger partial charge is 0.405 e. The van der Waals surface area contributed by atoms with Crippen molar-refractivity contribution in [3.8, 4) is 0 Å². The van der Waals surface area contributed by atoms with Crippen molar-refractivity contribution >= 4 is 5.97 Å². The lowest BCUT2D eigenvalue weighted by Gasteiger charge is -2.23. The molecule has 0 saturated carbocycles. The Labute approximate surface area is 95.8 Å². The van der Waals surface area contributed by atoms with E-state index < -0.39 is 24.2 Å². The minimum absolute atomic E-state index is 0.0141. The summed E-state index contributed by atoms with van der Waals surface area (Å²) in [7, 11) is 0.846. The summed E-state index contributed by atoms with van der Waals surface area (Å²) in [5.41, 5.74) is 0.0141. The summed E-state index contributed by atoms with van der Waals surface area (Å²) in [4.78, 5) is 11.1. The average Bonchev–Trinajstić information content (AvgIpc) is 2.28. The van der Waals surface area contributed by atoms with E-state index >= 15 is 0 Å². The van der Waals surface area contributed by atoms with E-state index in [2.05, 4.69) is 4.74 Å². The van der Waals surface area contributed by atoms with Crippen molar-refractivity contribution in [3.05, 3.63) is 35.9 Å². The molecule has 17 heavy (non-hydrogen) atoms. The summed E-state index contributed by atoms with van der Waals surface area (Å²) in [6, 6.07) is 7.17. The van der Waals surface area contributed by atoms with Crippen molar-refractivity contribution in [3.63, 3.8) is 0 Å². The minimum atomic E-state index is -4.86. The number of hydrogen-bond donors (Lipinski definition) is 1. The molecule has 1 rings (SSSR count). The molecular formula is C11H11F3O3. The van der Waals surface area contributed by atoms with Gasteiger partial charge in [-0.05, 0) is 5.56 Å². The van der Waals surface area contributed by atoms with Gasteiger partial charge in [0.1, 0.15) is 6.10 Å². The lowest BCUT2D eigenvalue weighted by Crippen LogP contribution is -2.36. The van der Waals surface area contributed by atoms with Gasteiger partial charge in [-0.1, -0.05) is 30.3 Å². The zero-order valence-corrected chi connectivity index (χ0v) is 8.94. The third-order valence-electron chi connectivity index (χ3n) is 2.26. The number of aliphatic hydroxyl groups is 1. The summed E-state index contributed by atoms with van der Waals surface area (Å²) in [5.74, 6) is -4.08. The molecular weight excluding hydrogens is 237 g/mol. The molecule has 0 radical (unpaired) electrons. The number of esters is 1. The molecule has 1 aromatic carbocycles. The number of ether oxygens (including phenoxy) is 1. The van der Waals surface area contributed by atoms with Gasteiger partial charge in [0.05, 0.1) is 7.11 Å². The standard InChI is InChI=1S/C11H11F3O3/c1-17-10(16)8(11(12,13)14)9(15)7-5-3-2-4-6-7/h2-6,8-9,15H,1H3. The second kappa shape index (κ2) is 5.18. The Morgan fingerprint density at radius 2 is 1.82 bits per heavy atom. The van der Waals surface area contributed by atoms with Crippen molar-refractivity contribution in [2.45, 2.75) is 12.3 Å². The molecule has 0 saturated heterocycles. The quantitative estimate of drug-likeness (QED) is 0.833. The molecule has 0 aliphatic heterocycles. The first kappa shape index (κ1) is 13.5. The van der Waals surface area contributed by atoms with Crippen LogP contribution in [-0.4, -0.2) is 24.4 Å². The molecule has 0 fully saturated rings. The third-order valence-corrected chi connectivity index (χ3v) is 2.26. The van der Waals surface area contributed by atoms with Crippen LogP contribution in [0.2, 0.25) is 0 Å². The van der Waals surface area contributed by atoms with E-state index in [1.165, 1.54) is 24.3 Å². The molecule has 1 N–H and O–H groups in total. The summed E-state index contributed by atoms with van der Waals surface area (Å²) >= 11 is 0. The number of hydrogen-bond acceptors (Lipinski definition) is 3. The molecule has 0 bridgehead atoms. The number of carbonyl (C=O) groups excluding carboxylic acids is 1. The Balaban J connectivity index is 3.04. The highest BCUT2D eigenvalue weighted by atomic mass is 19.4. The van der Waals surface area contributed by atoms with Crippen LogP contribution in [0.3, 0.4) is 0 Å². The number of carbonyl (C=O) groups is 1. The number of aliphatic hydroxyl groups excluding tert-OH is 1.